The van der Waals surface area contributed by atoms with Crippen LogP contribution in [0, 0.1) is 6.92 Å². The number of β-amino-alcohol motifs (C(OH)–C–C–N with tert-alkyl or cyclic N) is 2. The van der Waals surface area contributed by atoms with E-state index in [-0.39, 0.29) is 31.8 Å². The first-order valence-electron chi connectivity index (χ1n) is 6.34. The van der Waals surface area contributed by atoms with Gasteiger partial charge in [-0.3, -0.25) is 14.6 Å². The predicted molar refractivity (Wildman–Crippen MR) is 69.3 cm³/mol. The maximum Gasteiger partial charge on any atom is 0.325 e. The topological polar surface area (TPSA) is 126 Å². The fourth-order valence-corrected chi connectivity index (χ4v) is 2.29. The van der Waals surface area contributed by atoms with Gasteiger partial charge in [-0.2, -0.15) is 0 Å². The van der Waals surface area contributed by atoms with Crippen molar-refractivity contribution in [3.63, 3.8) is 0 Å². The van der Waals surface area contributed by atoms with Gasteiger partial charge < -0.3 is 20.1 Å². The van der Waals surface area contributed by atoms with Crippen LogP contribution in [-0.4, -0.2) is 56.3 Å². The third-order valence-corrected chi connectivity index (χ3v) is 3.46. The fraction of sp³-hybridized carbons (Fsp3) is 0.583. The van der Waals surface area contributed by atoms with Gasteiger partial charge in [0.2, 0.25) is 5.91 Å². The number of nitrogens with zero attached hydrogens (tertiary/aromatic N) is 1. The van der Waals surface area contributed by atoms with E-state index in [1.165, 1.54) is 4.90 Å². The highest BCUT2D eigenvalue weighted by Crippen LogP contribution is 2.12. The SMILES string of the molecule is Cc1[nH]c(=O)[nH]c(=O)c1CCC(=O)N1CC(O)C(O)C1. The molecule has 2 unspecified atom stereocenters. The number of nitrogens with one attached hydrogen (secondary N) is 2. The van der Waals surface area contributed by atoms with Crippen molar-refractivity contribution in [3.8, 4) is 0 Å². The Bertz CT molecular complexity index is 610. The van der Waals surface area contributed by atoms with Gasteiger partial charge in [-0.25, -0.2) is 4.79 Å². The lowest BCUT2D eigenvalue weighted by molar-refractivity contribution is -0.130. The minimum absolute atomic E-state index is 0.0788. The zero-order valence-corrected chi connectivity index (χ0v) is 11.0. The van der Waals surface area contributed by atoms with E-state index in [0.717, 1.165) is 0 Å². The number of hydrogen-bond donors (Lipinski definition) is 4. The Morgan fingerprint density at radius 3 is 2.40 bits per heavy atom. The van der Waals surface area contributed by atoms with Gasteiger partial charge in [-0.05, 0) is 13.3 Å². The Labute approximate surface area is 114 Å². The van der Waals surface area contributed by atoms with Crippen LogP contribution in [0.3, 0.4) is 0 Å². The van der Waals surface area contributed by atoms with Gasteiger partial charge in [-0.1, -0.05) is 0 Å². The van der Waals surface area contributed by atoms with E-state index < -0.39 is 23.5 Å². The molecule has 0 bridgehead atoms. The van der Waals surface area contributed by atoms with E-state index in [2.05, 4.69) is 9.97 Å². The number of aromatic amines is 2. The molecule has 2 heterocycles. The Morgan fingerprint density at radius 1 is 1.25 bits per heavy atom. The first-order valence-corrected chi connectivity index (χ1v) is 6.34. The van der Waals surface area contributed by atoms with Crippen LogP contribution >= 0.6 is 0 Å². The molecule has 2 atom stereocenters. The quantitative estimate of drug-likeness (QED) is 0.504. The second-order valence-corrected chi connectivity index (χ2v) is 4.95. The molecular formula is C12H17N3O5. The Morgan fingerprint density at radius 2 is 1.85 bits per heavy atom. The van der Waals surface area contributed by atoms with Crippen molar-refractivity contribution < 1.29 is 15.0 Å². The summed E-state index contributed by atoms with van der Waals surface area (Å²) in [5.74, 6) is -0.245. The van der Waals surface area contributed by atoms with Crippen LogP contribution in [0.2, 0.25) is 0 Å². The summed E-state index contributed by atoms with van der Waals surface area (Å²) < 4.78 is 0. The zero-order chi connectivity index (χ0) is 14.9. The number of carbonyl (C=O) groups is 1. The van der Waals surface area contributed by atoms with E-state index in [4.69, 9.17) is 0 Å². The van der Waals surface area contributed by atoms with Crippen molar-refractivity contribution in [3.05, 3.63) is 32.1 Å². The Balaban J connectivity index is 2.01. The van der Waals surface area contributed by atoms with Gasteiger partial charge >= 0.3 is 5.69 Å². The molecule has 20 heavy (non-hydrogen) atoms. The summed E-state index contributed by atoms with van der Waals surface area (Å²) in [6.07, 6.45) is -1.57. The van der Waals surface area contributed by atoms with Gasteiger partial charge in [0.05, 0.1) is 12.2 Å². The largest absolute Gasteiger partial charge is 0.388 e. The van der Waals surface area contributed by atoms with Crippen LogP contribution in [0.4, 0.5) is 0 Å². The van der Waals surface area contributed by atoms with Gasteiger partial charge in [0.1, 0.15) is 0 Å². The third kappa shape index (κ3) is 2.97. The molecule has 0 spiro atoms. The predicted octanol–water partition coefficient (Wildman–Crippen LogP) is -2.13. The van der Waals surface area contributed by atoms with E-state index in [1.807, 2.05) is 0 Å². The minimum Gasteiger partial charge on any atom is -0.388 e. The van der Waals surface area contributed by atoms with E-state index in [0.29, 0.717) is 11.3 Å². The number of carbonyl (C=O) groups excluding carboxylic acids is 1. The lowest BCUT2D eigenvalue weighted by atomic mass is 10.1. The normalized spacial score (nSPS) is 22.2. The molecule has 1 aromatic rings. The highest BCUT2D eigenvalue weighted by molar-refractivity contribution is 5.76. The number of aryl methyl sites for hydroxylation is 1. The standard InChI is InChI=1S/C12H17N3O5/c1-6-7(11(19)14-12(20)13-6)2-3-10(18)15-4-8(16)9(17)5-15/h8-9,16-17H,2-5H2,1H3,(H2,13,14,19,20). The highest BCUT2D eigenvalue weighted by Gasteiger charge is 2.32. The van der Waals surface area contributed by atoms with E-state index in [1.54, 1.807) is 6.92 Å². The molecule has 1 aromatic heterocycles. The summed E-state index contributed by atoms with van der Waals surface area (Å²) in [4.78, 5) is 40.5. The van der Waals surface area contributed by atoms with Crippen molar-refractivity contribution in [2.24, 2.45) is 0 Å². The van der Waals surface area contributed by atoms with Gasteiger partial charge in [0, 0.05) is 30.8 Å². The van der Waals surface area contributed by atoms with Crippen molar-refractivity contribution in [2.45, 2.75) is 32.0 Å². The van der Waals surface area contributed by atoms with Gasteiger partial charge in [-0.15, -0.1) is 0 Å². The molecule has 1 saturated heterocycles. The number of aliphatic hydroxyl groups is 2. The van der Waals surface area contributed by atoms with Crippen molar-refractivity contribution >= 4 is 5.91 Å². The molecule has 1 aliphatic heterocycles. The van der Waals surface area contributed by atoms with Gasteiger partial charge in [0.25, 0.3) is 5.56 Å². The Kier molecular flexibility index (Phi) is 4.05. The summed E-state index contributed by atoms with van der Waals surface area (Å²) in [6, 6.07) is 0. The average Bonchev–Trinajstić information content (AvgIpc) is 2.68. The molecule has 110 valence electrons. The molecule has 4 N–H and O–H groups in total. The number of aliphatic hydroxyl groups excluding tert-OH is 2. The lowest BCUT2D eigenvalue weighted by Crippen LogP contribution is -2.32. The second-order valence-electron chi connectivity index (χ2n) is 4.95. The van der Waals surface area contributed by atoms with E-state index in [9.17, 15) is 24.6 Å². The molecule has 8 heteroatoms. The molecule has 8 nitrogen and oxygen atoms in total. The molecular weight excluding hydrogens is 266 g/mol. The van der Waals surface area contributed by atoms with Crippen molar-refractivity contribution in [1.29, 1.82) is 0 Å². The van der Waals surface area contributed by atoms with Crippen LogP contribution in [0.1, 0.15) is 17.7 Å². The summed E-state index contributed by atoms with van der Waals surface area (Å²) in [5, 5.41) is 18.8. The molecule has 0 aromatic carbocycles. The van der Waals surface area contributed by atoms with E-state index >= 15 is 0 Å². The van der Waals surface area contributed by atoms with Crippen molar-refractivity contribution in [1.82, 2.24) is 14.9 Å². The maximum atomic E-state index is 11.9. The Hall–Kier alpha value is -1.93. The number of hydrogen-bond acceptors (Lipinski definition) is 5. The maximum absolute atomic E-state index is 11.9. The number of amides is 1. The number of likely N-dealkylation sites (tertiary alicyclic amines) is 1. The number of rotatable bonds is 3. The summed E-state index contributed by atoms with van der Waals surface area (Å²) in [6.45, 7) is 1.79. The number of aromatic nitrogens is 2. The lowest BCUT2D eigenvalue weighted by Gasteiger charge is -2.15. The molecule has 0 aliphatic carbocycles. The summed E-state index contributed by atoms with van der Waals surface area (Å²) in [7, 11) is 0. The van der Waals surface area contributed by atoms with Crippen LogP contribution in [-0.2, 0) is 11.2 Å². The monoisotopic (exact) mass is 283 g/mol. The first kappa shape index (κ1) is 14.5. The summed E-state index contributed by atoms with van der Waals surface area (Å²) >= 11 is 0. The fourth-order valence-electron chi connectivity index (χ4n) is 2.29. The van der Waals surface area contributed by atoms with Crippen LogP contribution in [0.25, 0.3) is 0 Å². The van der Waals surface area contributed by atoms with Crippen molar-refractivity contribution in [2.75, 3.05) is 13.1 Å². The molecule has 0 radical (unpaired) electrons. The van der Waals surface area contributed by atoms with Crippen LogP contribution < -0.4 is 11.2 Å². The van der Waals surface area contributed by atoms with Crippen LogP contribution in [0.5, 0.6) is 0 Å². The summed E-state index contributed by atoms with van der Waals surface area (Å²) in [5.41, 5.74) is -0.278. The first-order chi connectivity index (χ1) is 9.38. The van der Waals surface area contributed by atoms with Gasteiger partial charge in [0.15, 0.2) is 0 Å². The molecule has 2 rings (SSSR count). The molecule has 1 aliphatic rings. The minimum atomic E-state index is -0.919. The molecule has 1 fully saturated rings. The number of H-pyrrole nitrogens is 2. The zero-order valence-electron chi connectivity index (χ0n) is 11.0. The second kappa shape index (κ2) is 5.59. The average molecular weight is 283 g/mol. The smallest absolute Gasteiger partial charge is 0.325 e. The third-order valence-electron chi connectivity index (χ3n) is 3.46. The van der Waals surface area contributed by atoms with Crippen LogP contribution in [0.15, 0.2) is 9.59 Å². The highest BCUT2D eigenvalue weighted by atomic mass is 16.3. The molecule has 1 amide bonds. The molecule has 0 saturated carbocycles.